The molecule has 0 aliphatic heterocycles. The van der Waals surface area contributed by atoms with Crippen LogP contribution in [0.2, 0.25) is 0 Å². The number of nitrogens with two attached hydrogens (primary N) is 1. The van der Waals surface area contributed by atoms with Crippen molar-refractivity contribution in [3.8, 4) is 5.75 Å². The molecule has 0 saturated carbocycles. The summed E-state index contributed by atoms with van der Waals surface area (Å²) >= 11 is 4.85. The topological polar surface area (TPSA) is 35.2 Å². The zero-order chi connectivity index (χ0) is 10.6. The summed E-state index contributed by atoms with van der Waals surface area (Å²) in [7, 11) is 1.68. The number of aryl methyl sites for hydroxylation is 1. The van der Waals surface area contributed by atoms with Crippen molar-refractivity contribution >= 4 is 17.2 Å². The van der Waals surface area contributed by atoms with Gasteiger partial charge in [0.2, 0.25) is 0 Å². The molecule has 3 heteroatoms. The van der Waals surface area contributed by atoms with E-state index in [1.165, 1.54) is 11.1 Å². The summed E-state index contributed by atoms with van der Waals surface area (Å²) in [5.74, 6) is 0.918. The molecule has 0 saturated heterocycles. The maximum atomic E-state index is 5.47. The molecule has 1 aromatic rings. The maximum Gasteiger partial charge on any atom is 0.122 e. The van der Waals surface area contributed by atoms with Gasteiger partial charge in [0.05, 0.1) is 12.1 Å². The lowest BCUT2D eigenvalue weighted by atomic mass is 10.0. The van der Waals surface area contributed by atoms with Gasteiger partial charge in [0, 0.05) is 6.42 Å². The Morgan fingerprint density at radius 3 is 2.79 bits per heavy atom. The SMILES string of the molecule is COc1cccc(C)c1CCC(N)=S. The van der Waals surface area contributed by atoms with Crippen LogP contribution in [0.1, 0.15) is 17.5 Å². The third-order valence-corrected chi connectivity index (χ3v) is 2.41. The summed E-state index contributed by atoms with van der Waals surface area (Å²) in [6.45, 7) is 2.07. The van der Waals surface area contributed by atoms with Gasteiger partial charge in [0.25, 0.3) is 0 Å². The highest BCUT2D eigenvalue weighted by atomic mass is 32.1. The minimum atomic E-state index is 0.551. The van der Waals surface area contributed by atoms with Crippen LogP contribution < -0.4 is 10.5 Å². The van der Waals surface area contributed by atoms with E-state index in [1.807, 2.05) is 12.1 Å². The number of rotatable bonds is 4. The monoisotopic (exact) mass is 209 g/mol. The van der Waals surface area contributed by atoms with Crippen LogP contribution in [0, 0.1) is 6.92 Å². The van der Waals surface area contributed by atoms with E-state index >= 15 is 0 Å². The summed E-state index contributed by atoms with van der Waals surface area (Å²) in [5, 5.41) is 0. The van der Waals surface area contributed by atoms with Crippen molar-refractivity contribution in [3.05, 3.63) is 29.3 Å². The Balaban J connectivity index is 2.87. The average molecular weight is 209 g/mol. The van der Waals surface area contributed by atoms with E-state index in [2.05, 4.69) is 13.0 Å². The molecule has 76 valence electrons. The van der Waals surface area contributed by atoms with Crippen LogP contribution in [0.4, 0.5) is 0 Å². The van der Waals surface area contributed by atoms with Gasteiger partial charge in [-0.05, 0) is 30.5 Å². The number of benzene rings is 1. The summed E-state index contributed by atoms with van der Waals surface area (Å²) in [4.78, 5) is 0.551. The largest absolute Gasteiger partial charge is 0.496 e. The molecule has 0 atom stereocenters. The van der Waals surface area contributed by atoms with E-state index in [0.717, 1.165) is 18.6 Å². The highest BCUT2D eigenvalue weighted by Crippen LogP contribution is 2.22. The van der Waals surface area contributed by atoms with Gasteiger partial charge in [-0.3, -0.25) is 0 Å². The van der Waals surface area contributed by atoms with Crippen molar-refractivity contribution in [3.63, 3.8) is 0 Å². The minimum Gasteiger partial charge on any atom is -0.496 e. The number of methoxy groups -OCH3 is 1. The zero-order valence-corrected chi connectivity index (χ0v) is 9.36. The lowest BCUT2D eigenvalue weighted by molar-refractivity contribution is 0.409. The fourth-order valence-corrected chi connectivity index (χ4v) is 1.54. The van der Waals surface area contributed by atoms with E-state index < -0.39 is 0 Å². The standard InChI is InChI=1S/C11H15NOS/c1-8-4-3-5-10(13-2)9(8)6-7-11(12)14/h3-5H,6-7H2,1-2H3,(H2,12,14). The Morgan fingerprint density at radius 2 is 2.21 bits per heavy atom. The second-order valence-corrected chi connectivity index (χ2v) is 3.75. The van der Waals surface area contributed by atoms with Crippen LogP contribution in [-0.2, 0) is 6.42 Å². The second-order valence-electron chi connectivity index (χ2n) is 3.22. The molecule has 2 nitrogen and oxygen atoms in total. The molecule has 1 rings (SSSR count). The maximum absolute atomic E-state index is 5.47. The normalized spacial score (nSPS) is 9.86. The van der Waals surface area contributed by atoms with Crippen molar-refractivity contribution in [2.75, 3.05) is 7.11 Å². The number of hydrogen-bond donors (Lipinski definition) is 1. The summed E-state index contributed by atoms with van der Waals surface area (Å²) < 4.78 is 5.27. The molecule has 1 aromatic carbocycles. The predicted molar refractivity (Wildman–Crippen MR) is 62.8 cm³/mol. The van der Waals surface area contributed by atoms with Crippen LogP contribution in [0.25, 0.3) is 0 Å². The second kappa shape index (κ2) is 4.96. The summed E-state index contributed by atoms with van der Waals surface area (Å²) in [6.07, 6.45) is 1.59. The molecule has 0 unspecified atom stereocenters. The minimum absolute atomic E-state index is 0.551. The average Bonchev–Trinajstić information content (AvgIpc) is 2.15. The molecule has 0 aliphatic rings. The Morgan fingerprint density at radius 1 is 1.50 bits per heavy atom. The Kier molecular flexibility index (Phi) is 3.89. The Labute approximate surface area is 90.1 Å². The molecule has 0 aliphatic carbocycles. The number of ether oxygens (including phenoxy) is 1. The lowest BCUT2D eigenvalue weighted by Crippen LogP contribution is -2.09. The van der Waals surface area contributed by atoms with Gasteiger partial charge in [-0.25, -0.2) is 0 Å². The van der Waals surface area contributed by atoms with Crippen molar-refractivity contribution in [2.24, 2.45) is 5.73 Å². The van der Waals surface area contributed by atoms with E-state index in [0.29, 0.717) is 4.99 Å². The van der Waals surface area contributed by atoms with Crippen molar-refractivity contribution < 1.29 is 4.74 Å². The van der Waals surface area contributed by atoms with E-state index in [-0.39, 0.29) is 0 Å². The van der Waals surface area contributed by atoms with Gasteiger partial charge in [0.15, 0.2) is 0 Å². The highest BCUT2D eigenvalue weighted by molar-refractivity contribution is 7.80. The van der Waals surface area contributed by atoms with Crippen LogP contribution in [0.3, 0.4) is 0 Å². The molecule has 0 amide bonds. The third kappa shape index (κ3) is 2.70. The first-order chi connectivity index (χ1) is 6.65. The van der Waals surface area contributed by atoms with Crippen LogP contribution in [-0.4, -0.2) is 12.1 Å². The summed E-state index contributed by atoms with van der Waals surface area (Å²) in [5.41, 5.74) is 7.89. The van der Waals surface area contributed by atoms with Gasteiger partial charge in [-0.1, -0.05) is 24.4 Å². The van der Waals surface area contributed by atoms with Crippen molar-refractivity contribution in [2.45, 2.75) is 19.8 Å². The van der Waals surface area contributed by atoms with Gasteiger partial charge in [-0.2, -0.15) is 0 Å². The molecule has 0 radical (unpaired) electrons. The van der Waals surface area contributed by atoms with Gasteiger partial charge < -0.3 is 10.5 Å². The van der Waals surface area contributed by atoms with Crippen LogP contribution in [0.5, 0.6) is 5.75 Å². The molecule has 14 heavy (non-hydrogen) atoms. The number of hydrogen-bond acceptors (Lipinski definition) is 2. The molecule has 0 aromatic heterocycles. The van der Waals surface area contributed by atoms with Gasteiger partial charge >= 0.3 is 0 Å². The molecule has 0 bridgehead atoms. The fourth-order valence-electron chi connectivity index (χ4n) is 1.44. The van der Waals surface area contributed by atoms with Crippen molar-refractivity contribution in [1.82, 2.24) is 0 Å². The first kappa shape index (κ1) is 11.0. The predicted octanol–water partition coefficient (Wildman–Crippen LogP) is 2.22. The molecule has 2 N–H and O–H groups in total. The zero-order valence-electron chi connectivity index (χ0n) is 8.54. The quantitative estimate of drug-likeness (QED) is 0.772. The fraction of sp³-hybridized carbons (Fsp3) is 0.364. The Bertz CT molecular complexity index is 336. The molecular weight excluding hydrogens is 194 g/mol. The lowest BCUT2D eigenvalue weighted by Gasteiger charge is -2.10. The van der Waals surface area contributed by atoms with Gasteiger partial charge in [-0.15, -0.1) is 0 Å². The highest BCUT2D eigenvalue weighted by Gasteiger charge is 2.05. The smallest absolute Gasteiger partial charge is 0.122 e. The van der Waals surface area contributed by atoms with E-state index in [9.17, 15) is 0 Å². The van der Waals surface area contributed by atoms with Crippen LogP contribution in [0.15, 0.2) is 18.2 Å². The molecular formula is C11H15NOS. The van der Waals surface area contributed by atoms with E-state index in [1.54, 1.807) is 7.11 Å². The van der Waals surface area contributed by atoms with Gasteiger partial charge in [0.1, 0.15) is 5.75 Å². The summed E-state index contributed by atoms with van der Waals surface area (Å²) in [6, 6.07) is 6.01. The molecule has 0 spiro atoms. The van der Waals surface area contributed by atoms with E-state index in [4.69, 9.17) is 22.7 Å². The Hall–Kier alpha value is -1.09. The first-order valence-electron chi connectivity index (χ1n) is 4.56. The molecule has 0 fully saturated rings. The third-order valence-electron chi connectivity index (χ3n) is 2.21. The first-order valence-corrected chi connectivity index (χ1v) is 4.96. The number of thiocarbonyl (C=S) groups is 1. The molecule has 0 heterocycles. The van der Waals surface area contributed by atoms with Crippen molar-refractivity contribution in [1.29, 1.82) is 0 Å². The van der Waals surface area contributed by atoms with Crippen LogP contribution >= 0.6 is 12.2 Å².